The van der Waals surface area contributed by atoms with Gasteiger partial charge in [0.15, 0.2) is 5.76 Å². The summed E-state index contributed by atoms with van der Waals surface area (Å²) in [6.07, 6.45) is 2.69. The van der Waals surface area contributed by atoms with Gasteiger partial charge in [-0.15, -0.1) is 24.8 Å². The van der Waals surface area contributed by atoms with E-state index in [0.717, 1.165) is 31.6 Å². The van der Waals surface area contributed by atoms with Gasteiger partial charge in [0.1, 0.15) is 0 Å². The zero-order valence-electron chi connectivity index (χ0n) is 15.7. The zero-order valence-corrected chi connectivity index (χ0v) is 17.3. The van der Waals surface area contributed by atoms with Crippen LogP contribution in [0.2, 0.25) is 0 Å². The highest BCUT2D eigenvalue weighted by atomic mass is 35.5. The highest BCUT2D eigenvalue weighted by Crippen LogP contribution is 2.33. The lowest BCUT2D eigenvalue weighted by molar-refractivity contribution is 0.0675. The Balaban J connectivity index is 0.00000131. The number of nitrogens with one attached hydrogen (secondary N) is 1. The molecular formula is C20H27Cl2N3O2. The Hall–Kier alpha value is -1.69. The van der Waals surface area contributed by atoms with Crippen LogP contribution in [0.1, 0.15) is 35.5 Å². The first kappa shape index (κ1) is 21.6. The monoisotopic (exact) mass is 411 g/mol. The fraction of sp³-hybridized carbons (Fsp3) is 0.450. The average Bonchev–Trinajstić information content (AvgIpc) is 3.19. The van der Waals surface area contributed by atoms with E-state index < -0.39 is 0 Å². The minimum atomic E-state index is 0. The molecule has 27 heavy (non-hydrogen) atoms. The fourth-order valence-electron chi connectivity index (χ4n) is 3.96. The number of carbonyl (C=O) groups excluding carboxylic acids is 1. The van der Waals surface area contributed by atoms with Gasteiger partial charge in [-0.1, -0.05) is 18.2 Å². The highest BCUT2D eigenvalue weighted by Gasteiger charge is 2.30. The quantitative estimate of drug-likeness (QED) is 0.839. The Morgan fingerprint density at radius 3 is 2.78 bits per heavy atom. The molecule has 2 aliphatic heterocycles. The summed E-state index contributed by atoms with van der Waals surface area (Å²) in [6, 6.07) is 11.2. The molecule has 2 aromatic rings. The van der Waals surface area contributed by atoms with Crippen molar-refractivity contribution in [1.29, 1.82) is 0 Å². The third-order valence-corrected chi connectivity index (χ3v) is 5.29. The van der Waals surface area contributed by atoms with Crippen LogP contribution in [-0.2, 0) is 13.0 Å². The lowest BCUT2D eigenvalue weighted by Crippen LogP contribution is -2.51. The average molecular weight is 412 g/mol. The zero-order chi connectivity index (χ0) is 17.4. The number of benzene rings is 1. The number of anilines is 1. The number of fused-ring (bicyclic) bond motifs is 1. The van der Waals surface area contributed by atoms with Gasteiger partial charge >= 0.3 is 0 Å². The number of halogens is 2. The third kappa shape index (κ3) is 4.26. The molecule has 2 unspecified atom stereocenters. The van der Waals surface area contributed by atoms with Crippen LogP contribution >= 0.6 is 24.8 Å². The molecule has 2 aliphatic rings. The molecular weight excluding hydrogens is 385 g/mol. The minimum absolute atomic E-state index is 0. The molecule has 1 fully saturated rings. The predicted octanol–water partition coefficient (Wildman–Crippen LogP) is 3.51. The first-order valence-corrected chi connectivity index (χ1v) is 9.07. The molecule has 0 aliphatic carbocycles. The maximum Gasteiger partial charge on any atom is 0.290 e. The van der Waals surface area contributed by atoms with Crippen LogP contribution in [0.5, 0.6) is 0 Å². The number of hydrogen-bond acceptors (Lipinski definition) is 4. The van der Waals surface area contributed by atoms with Crippen molar-refractivity contribution in [1.82, 2.24) is 10.2 Å². The summed E-state index contributed by atoms with van der Waals surface area (Å²) in [4.78, 5) is 17.2. The summed E-state index contributed by atoms with van der Waals surface area (Å²) in [6.45, 7) is 7.33. The Bertz CT molecular complexity index is 780. The summed E-state index contributed by atoms with van der Waals surface area (Å²) in [5, 5.41) is 3.37. The van der Waals surface area contributed by atoms with Crippen molar-refractivity contribution in [2.45, 2.75) is 38.9 Å². The second-order valence-corrected chi connectivity index (χ2v) is 7.19. The van der Waals surface area contributed by atoms with Gasteiger partial charge < -0.3 is 19.5 Å². The Morgan fingerprint density at radius 1 is 1.22 bits per heavy atom. The Morgan fingerprint density at radius 2 is 2.00 bits per heavy atom. The van der Waals surface area contributed by atoms with Crippen molar-refractivity contribution in [2.75, 3.05) is 24.5 Å². The number of piperazine rings is 1. The lowest BCUT2D eigenvalue weighted by atomic mass is 10.1. The number of nitrogens with zero attached hydrogens (tertiary/aromatic N) is 2. The molecule has 0 saturated carbocycles. The van der Waals surface area contributed by atoms with Gasteiger partial charge in [0.05, 0.1) is 6.26 Å². The van der Waals surface area contributed by atoms with Crippen molar-refractivity contribution < 1.29 is 9.21 Å². The SMILES string of the molecule is CC1CN(C(=O)c2occc2CN2c3ccccc3CC2C)CCN1.Cl.Cl. The highest BCUT2D eigenvalue weighted by molar-refractivity contribution is 5.93. The van der Waals surface area contributed by atoms with Gasteiger partial charge in [-0.3, -0.25) is 4.79 Å². The Kier molecular flexibility index (Phi) is 7.20. The molecule has 1 aromatic heterocycles. The third-order valence-electron chi connectivity index (χ3n) is 5.29. The smallest absolute Gasteiger partial charge is 0.290 e. The molecule has 4 rings (SSSR count). The van der Waals surface area contributed by atoms with E-state index in [9.17, 15) is 4.79 Å². The number of rotatable bonds is 3. The van der Waals surface area contributed by atoms with Crippen LogP contribution in [0.15, 0.2) is 41.0 Å². The fourth-order valence-corrected chi connectivity index (χ4v) is 3.96. The van der Waals surface area contributed by atoms with Crippen LogP contribution in [0.3, 0.4) is 0 Å². The molecule has 2 atom stereocenters. The van der Waals surface area contributed by atoms with Crippen LogP contribution < -0.4 is 10.2 Å². The maximum atomic E-state index is 12.9. The van der Waals surface area contributed by atoms with Crippen molar-refractivity contribution in [3.63, 3.8) is 0 Å². The van der Waals surface area contributed by atoms with Crippen LogP contribution in [0.25, 0.3) is 0 Å². The van der Waals surface area contributed by atoms with Crippen molar-refractivity contribution in [3.05, 3.63) is 53.5 Å². The second kappa shape index (κ2) is 9.00. The predicted molar refractivity (Wildman–Crippen MR) is 112 cm³/mol. The van der Waals surface area contributed by atoms with Gasteiger partial charge in [-0.25, -0.2) is 0 Å². The van der Waals surface area contributed by atoms with Crippen molar-refractivity contribution >= 4 is 36.4 Å². The molecule has 0 radical (unpaired) electrons. The first-order valence-electron chi connectivity index (χ1n) is 9.07. The molecule has 148 valence electrons. The summed E-state index contributed by atoms with van der Waals surface area (Å²) in [5.74, 6) is 0.499. The van der Waals surface area contributed by atoms with Gasteiger partial charge in [0, 0.05) is 49.5 Å². The van der Waals surface area contributed by atoms with Gasteiger partial charge in [-0.2, -0.15) is 0 Å². The van der Waals surface area contributed by atoms with Crippen molar-refractivity contribution in [2.24, 2.45) is 0 Å². The normalized spacial score (nSPS) is 21.3. The van der Waals surface area contributed by atoms with E-state index in [0.29, 0.717) is 24.4 Å². The van der Waals surface area contributed by atoms with Crippen LogP contribution in [-0.4, -0.2) is 42.5 Å². The number of amides is 1. The minimum Gasteiger partial charge on any atom is -0.459 e. The number of furan rings is 1. The van der Waals surface area contributed by atoms with E-state index in [4.69, 9.17) is 4.42 Å². The number of para-hydroxylation sites is 1. The molecule has 1 aromatic carbocycles. The molecule has 7 heteroatoms. The van der Waals surface area contributed by atoms with E-state index in [1.54, 1.807) is 6.26 Å². The van der Waals surface area contributed by atoms with Gasteiger partial charge in [-0.05, 0) is 38.0 Å². The second-order valence-electron chi connectivity index (χ2n) is 7.19. The number of carbonyl (C=O) groups is 1. The van der Waals surface area contributed by atoms with Gasteiger partial charge in [0.25, 0.3) is 5.91 Å². The molecule has 1 N–H and O–H groups in total. The summed E-state index contributed by atoms with van der Waals surface area (Å²) >= 11 is 0. The van der Waals surface area contributed by atoms with Gasteiger partial charge in [0.2, 0.25) is 0 Å². The topological polar surface area (TPSA) is 48.7 Å². The number of hydrogen-bond donors (Lipinski definition) is 1. The van der Waals surface area contributed by atoms with E-state index in [2.05, 4.69) is 48.3 Å². The maximum absolute atomic E-state index is 12.9. The van der Waals surface area contributed by atoms with Crippen LogP contribution in [0.4, 0.5) is 5.69 Å². The molecule has 0 bridgehead atoms. The molecule has 0 spiro atoms. The van der Waals surface area contributed by atoms with E-state index >= 15 is 0 Å². The van der Waals surface area contributed by atoms with E-state index in [-0.39, 0.29) is 30.7 Å². The first-order chi connectivity index (χ1) is 12.1. The van der Waals surface area contributed by atoms with Crippen molar-refractivity contribution in [3.8, 4) is 0 Å². The van der Waals surface area contributed by atoms with E-state index in [1.807, 2.05) is 11.0 Å². The molecule has 5 nitrogen and oxygen atoms in total. The molecule has 1 amide bonds. The van der Waals surface area contributed by atoms with Crippen LogP contribution in [0, 0.1) is 0 Å². The summed E-state index contributed by atoms with van der Waals surface area (Å²) in [7, 11) is 0. The standard InChI is InChI=1S/C20H25N3O2.2ClH/c1-14-12-22(9-8-21-14)20(24)19-17(7-10-25-19)13-23-15(2)11-16-5-3-4-6-18(16)23;;/h3-7,10,14-15,21H,8-9,11-13H2,1-2H3;2*1H. The molecule has 1 saturated heterocycles. The Labute approximate surface area is 172 Å². The largest absolute Gasteiger partial charge is 0.459 e. The van der Waals surface area contributed by atoms with E-state index in [1.165, 1.54) is 11.3 Å². The summed E-state index contributed by atoms with van der Waals surface area (Å²) in [5.41, 5.74) is 3.62. The lowest BCUT2D eigenvalue weighted by Gasteiger charge is -2.31. The summed E-state index contributed by atoms with van der Waals surface area (Å²) < 4.78 is 5.61. The molecule has 3 heterocycles.